The third kappa shape index (κ3) is 4.96. The molecule has 2 aromatic rings. The number of halogens is 2. The van der Waals surface area contributed by atoms with Gasteiger partial charge in [0, 0.05) is 28.3 Å². The lowest BCUT2D eigenvalue weighted by atomic mass is 9.80. The summed E-state index contributed by atoms with van der Waals surface area (Å²) in [5.41, 5.74) is 4.67. The normalized spacial score (nSPS) is 17.9. The highest BCUT2D eigenvalue weighted by Crippen LogP contribution is 2.43. The van der Waals surface area contributed by atoms with Crippen molar-refractivity contribution in [1.29, 1.82) is 0 Å². The number of hydrazone groups is 1. The Kier molecular flexibility index (Phi) is 6.27. The fraction of sp³-hybridized carbons (Fsp3) is 0.364. The average Bonchev–Trinajstić information content (AvgIpc) is 2.66. The second-order valence-corrected chi connectivity index (χ2v) is 8.86. The van der Waals surface area contributed by atoms with Crippen LogP contribution in [0.2, 0.25) is 0 Å². The van der Waals surface area contributed by atoms with Gasteiger partial charge in [0.1, 0.15) is 11.6 Å². The second kappa shape index (κ2) is 8.53. The minimum atomic E-state index is -0.419. The van der Waals surface area contributed by atoms with Crippen LogP contribution in [0.3, 0.4) is 0 Å². The smallest absolute Gasteiger partial charge is 0.277 e. The predicted molar refractivity (Wildman–Crippen MR) is 117 cm³/mol. The van der Waals surface area contributed by atoms with Gasteiger partial charge < -0.3 is 9.64 Å². The molecule has 0 bridgehead atoms. The summed E-state index contributed by atoms with van der Waals surface area (Å²) in [5, 5.41) is 3.88. The maximum atomic E-state index is 14.6. The van der Waals surface area contributed by atoms with E-state index in [1.54, 1.807) is 18.2 Å². The van der Waals surface area contributed by atoms with Gasteiger partial charge in [-0.2, -0.15) is 5.10 Å². The summed E-state index contributed by atoms with van der Waals surface area (Å²) in [5.74, 6) is 0.0916. The summed E-state index contributed by atoms with van der Waals surface area (Å²) in [6.45, 7) is 6.29. The van der Waals surface area contributed by atoms with E-state index in [1.807, 2.05) is 25.2 Å². The van der Waals surface area contributed by atoms with Gasteiger partial charge in [-0.05, 0) is 68.1 Å². The third-order valence-electron chi connectivity index (χ3n) is 5.33. The molecule has 3 rings (SSSR count). The molecule has 1 aliphatic heterocycles. The summed E-state index contributed by atoms with van der Waals surface area (Å²) in [7, 11) is 1.99. The summed E-state index contributed by atoms with van der Waals surface area (Å²) < 4.78 is 20.9. The highest BCUT2D eigenvalue weighted by molar-refractivity contribution is 9.10. The lowest BCUT2D eigenvalue weighted by Gasteiger charge is -2.45. The Morgan fingerprint density at radius 2 is 2.07 bits per heavy atom. The van der Waals surface area contributed by atoms with Crippen LogP contribution < -0.4 is 15.1 Å². The van der Waals surface area contributed by atoms with Gasteiger partial charge in [0.25, 0.3) is 5.91 Å². The topological polar surface area (TPSA) is 53.9 Å². The number of benzene rings is 2. The number of carbonyl (C=O) groups excluding carboxylic acids is 1. The minimum absolute atomic E-state index is 0.0305. The van der Waals surface area contributed by atoms with Crippen LogP contribution in [0, 0.1) is 5.82 Å². The van der Waals surface area contributed by atoms with Crippen molar-refractivity contribution in [3.05, 3.63) is 57.8 Å². The van der Waals surface area contributed by atoms with Crippen molar-refractivity contribution in [2.45, 2.75) is 38.6 Å². The molecule has 29 heavy (non-hydrogen) atoms. The number of amides is 1. The molecule has 1 unspecified atom stereocenters. The maximum Gasteiger partial charge on any atom is 0.277 e. The number of hydrogen-bond donors (Lipinski definition) is 1. The molecule has 0 fully saturated rings. The SMILES string of the molecule is CC1CC(C)(C)N(C)c2cc(F)c(/C=N\NC(=O)COc3ccc(Br)cc3)cc21. The first-order valence-corrected chi connectivity index (χ1v) is 10.2. The van der Waals surface area contributed by atoms with Gasteiger partial charge >= 0.3 is 0 Å². The summed E-state index contributed by atoms with van der Waals surface area (Å²) in [4.78, 5) is 14.0. The molecule has 1 N–H and O–H groups in total. The number of hydrogen-bond acceptors (Lipinski definition) is 4. The van der Waals surface area contributed by atoms with Crippen molar-refractivity contribution in [2.24, 2.45) is 5.10 Å². The number of rotatable bonds is 5. The van der Waals surface area contributed by atoms with E-state index in [9.17, 15) is 9.18 Å². The lowest BCUT2D eigenvalue weighted by Crippen LogP contribution is -2.45. The Bertz CT molecular complexity index is 928. The van der Waals surface area contributed by atoms with Crippen molar-refractivity contribution in [1.82, 2.24) is 5.43 Å². The van der Waals surface area contributed by atoms with Gasteiger partial charge in [-0.3, -0.25) is 4.79 Å². The highest BCUT2D eigenvalue weighted by atomic mass is 79.9. The fourth-order valence-electron chi connectivity index (χ4n) is 3.59. The summed E-state index contributed by atoms with van der Waals surface area (Å²) in [6.07, 6.45) is 2.31. The number of nitrogens with one attached hydrogen (secondary N) is 1. The molecule has 0 saturated heterocycles. The van der Waals surface area contributed by atoms with E-state index in [4.69, 9.17) is 4.74 Å². The van der Waals surface area contributed by atoms with Gasteiger partial charge in [0.15, 0.2) is 6.61 Å². The monoisotopic (exact) mass is 461 g/mol. The Labute approximate surface area is 179 Å². The van der Waals surface area contributed by atoms with Gasteiger partial charge in [-0.25, -0.2) is 9.82 Å². The van der Waals surface area contributed by atoms with Gasteiger partial charge in [0.05, 0.1) is 6.21 Å². The fourth-order valence-corrected chi connectivity index (χ4v) is 3.85. The van der Waals surface area contributed by atoms with Crippen molar-refractivity contribution in [2.75, 3.05) is 18.6 Å². The number of fused-ring (bicyclic) bond motifs is 1. The lowest BCUT2D eigenvalue weighted by molar-refractivity contribution is -0.123. The van der Waals surface area contributed by atoms with E-state index in [0.717, 1.165) is 22.1 Å². The molecule has 1 atom stereocenters. The van der Waals surface area contributed by atoms with E-state index in [1.165, 1.54) is 6.21 Å². The van der Waals surface area contributed by atoms with Crippen LogP contribution in [-0.4, -0.2) is 31.3 Å². The third-order valence-corrected chi connectivity index (χ3v) is 5.86. The van der Waals surface area contributed by atoms with Crippen LogP contribution >= 0.6 is 15.9 Å². The van der Waals surface area contributed by atoms with Crippen molar-refractivity contribution in [3.63, 3.8) is 0 Å². The Balaban J connectivity index is 1.64. The molecule has 154 valence electrons. The number of anilines is 1. The van der Waals surface area contributed by atoms with Crippen LogP contribution in [0.5, 0.6) is 5.75 Å². The van der Waals surface area contributed by atoms with Crippen LogP contribution in [0.4, 0.5) is 10.1 Å². The van der Waals surface area contributed by atoms with Gasteiger partial charge in [0.2, 0.25) is 0 Å². The quantitative estimate of drug-likeness (QED) is 0.511. The molecular formula is C22H25BrFN3O2. The summed E-state index contributed by atoms with van der Waals surface area (Å²) in [6, 6.07) is 10.5. The molecule has 5 nitrogen and oxygen atoms in total. The standard InChI is InChI=1S/C22H25BrFN3O2/c1-14-11-22(2,3)27(4)20-10-19(24)15(9-18(14)20)12-25-26-21(28)13-29-17-7-5-16(23)6-8-17/h5-10,12,14H,11,13H2,1-4H3,(H,26,28)/b25-12-. The Morgan fingerprint density at radius 3 is 2.76 bits per heavy atom. The molecule has 1 heterocycles. The molecule has 0 saturated carbocycles. The van der Waals surface area contributed by atoms with E-state index in [-0.39, 0.29) is 18.0 Å². The molecule has 1 amide bonds. The Morgan fingerprint density at radius 1 is 1.38 bits per heavy atom. The molecule has 0 radical (unpaired) electrons. The first-order valence-electron chi connectivity index (χ1n) is 9.45. The molecule has 2 aromatic carbocycles. The average molecular weight is 462 g/mol. The van der Waals surface area contributed by atoms with E-state index in [0.29, 0.717) is 17.2 Å². The predicted octanol–water partition coefficient (Wildman–Crippen LogP) is 4.84. The molecule has 0 spiro atoms. The van der Waals surface area contributed by atoms with Crippen LogP contribution in [0.15, 0.2) is 46.0 Å². The van der Waals surface area contributed by atoms with Crippen LogP contribution in [0.1, 0.15) is 44.2 Å². The van der Waals surface area contributed by atoms with Gasteiger partial charge in [-0.15, -0.1) is 0 Å². The van der Waals surface area contributed by atoms with Crippen molar-refractivity contribution < 1.29 is 13.9 Å². The van der Waals surface area contributed by atoms with Crippen LogP contribution in [0.25, 0.3) is 0 Å². The van der Waals surface area contributed by atoms with Crippen molar-refractivity contribution >= 4 is 33.7 Å². The molecule has 1 aliphatic rings. The first-order chi connectivity index (χ1) is 13.7. The Hall–Kier alpha value is -2.41. The number of carbonyl (C=O) groups is 1. The zero-order valence-corrected chi connectivity index (χ0v) is 18.6. The second-order valence-electron chi connectivity index (χ2n) is 7.94. The number of ether oxygens (including phenoxy) is 1. The largest absolute Gasteiger partial charge is 0.484 e. The number of nitrogens with zero attached hydrogens (tertiary/aromatic N) is 2. The maximum absolute atomic E-state index is 14.6. The van der Waals surface area contributed by atoms with E-state index in [2.05, 4.69) is 52.1 Å². The summed E-state index contributed by atoms with van der Waals surface area (Å²) >= 11 is 3.34. The van der Waals surface area contributed by atoms with Crippen LogP contribution in [-0.2, 0) is 4.79 Å². The molecular weight excluding hydrogens is 437 g/mol. The molecule has 0 aromatic heterocycles. The zero-order valence-electron chi connectivity index (χ0n) is 17.0. The van der Waals surface area contributed by atoms with Gasteiger partial charge in [-0.1, -0.05) is 22.9 Å². The highest BCUT2D eigenvalue weighted by Gasteiger charge is 2.34. The van der Waals surface area contributed by atoms with E-state index >= 15 is 0 Å². The minimum Gasteiger partial charge on any atom is -0.484 e. The van der Waals surface area contributed by atoms with E-state index < -0.39 is 5.91 Å². The first kappa shape index (κ1) is 21.3. The van der Waals surface area contributed by atoms with Crippen molar-refractivity contribution in [3.8, 4) is 5.75 Å². The molecule has 0 aliphatic carbocycles. The molecule has 7 heteroatoms. The zero-order chi connectivity index (χ0) is 21.2.